The molecule has 2 aliphatic rings. The highest BCUT2D eigenvalue weighted by Crippen LogP contribution is 2.24. The summed E-state index contributed by atoms with van der Waals surface area (Å²) in [6.45, 7) is 13.2. The molecule has 0 saturated heterocycles. The first-order chi connectivity index (χ1) is 13.4. The second kappa shape index (κ2) is 8.86. The lowest BCUT2D eigenvalue weighted by atomic mass is 9.90. The summed E-state index contributed by atoms with van der Waals surface area (Å²) in [5, 5.41) is 0. The third kappa shape index (κ3) is 4.43. The van der Waals surface area contributed by atoms with Gasteiger partial charge in [-0.3, -0.25) is 9.98 Å². The van der Waals surface area contributed by atoms with Crippen molar-refractivity contribution >= 4 is 12.4 Å². The van der Waals surface area contributed by atoms with E-state index >= 15 is 0 Å². The van der Waals surface area contributed by atoms with Crippen LogP contribution in [0, 0.1) is 27.7 Å². The SMILES string of the molecule is CCC1Cc2c(ccc(C)c2C)C=N1.CCC1Cc2cc(C)c(C)cc2C=N1. The van der Waals surface area contributed by atoms with Crippen LogP contribution in [0.4, 0.5) is 0 Å². The van der Waals surface area contributed by atoms with Crippen LogP contribution >= 0.6 is 0 Å². The Hall–Kier alpha value is -2.22. The monoisotopic (exact) mass is 374 g/mol. The van der Waals surface area contributed by atoms with E-state index in [1.165, 1.54) is 44.5 Å². The van der Waals surface area contributed by atoms with Crippen LogP contribution in [-0.2, 0) is 12.8 Å². The van der Waals surface area contributed by atoms with Crippen molar-refractivity contribution in [2.45, 2.75) is 79.3 Å². The highest BCUT2D eigenvalue weighted by molar-refractivity contribution is 5.84. The average molecular weight is 375 g/mol. The summed E-state index contributed by atoms with van der Waals surface area (Å²) in [6, 6.07) is 9.95. The zero-order valence-corrected chi connectivity index (χ0v) is 18.3. The summed E-state index contributed by atoms with van der Waals surface area (Å²) in [7, 11) is 0. The van der Waals surface area contributed by atoms with E-state index < -0.39 is 0 Å². The minimum absolute atomic E-state index is 0.503. The fourth-order valence-corrected chi connectivity index (χ4v) is 3.95. The second-order valence-electron chi connectivity index (χ2n) is 8.30. The van der Waals surface area contributed by atoms with Gasteiger partial charge in [0.2, 0.25) is 0 Å². The second-order valence-corrected chi connectivity index (χ2v) is 8.30. The first-order valence-corrected chi connectivity index (χ1v) is 10.7. The van der Waals surface area contributed by atoms with E-state index in [9.17, 15) is 0 Å². The van der Waals surface area contributed by atoms with Crippen molar-refractivity contribution in [2.75, 3.05) is 0 Å². The van der Waals surface area contributed by atoms with Gasteiger partial charge < -0.3 is 0 Å². The number of aryl methyl sites for hydroxylation is 3. The third-order valence-corrected chi connectivity index (χ3v) is 6.35. The van der Waals surface area contributed by atoms with Gasteiger partial charge in [0.15, 0.2) is 0 Å². The molecule has 0 aliphatic carbocycles. The van der Waals surface area contributed by atoms with Crippen molar-refractivity contribution in [3.8, 4) is 0 Å². The van der Waals surface area contributed by atoms with Crippen LogP contribution in [0.5, 0.6) is 0 Å². The Balaban J connectivity index is 0.000000161. The molecule has 0 radical (unpaired) electrons. The molecule has 0 N–H and O–H groups in total. The number of hydrogen-bond acceptors (Lipinski definition) is 2. The number of benzene rings is 2. The molecule has 0 amide bonds. The summed E-state index contributed by atoms with van der Waals surface area (Å²) >= 11 is 0. The number of rotatable bonds is 2. The van der Waals surface area contributed by atoms with Crippen molar-refractivity contribution in [1.29, 1.82) is 0 Å². The molecule has 2 aliphatic heterocycles. The van der Waals surface area contributed by atoms with Gasteiger partial charge in [0.05, 0.1) is 12.1 Å². The fourth-order valence-electron chi connectivity index (χ4n) is 3.95. The Morgan fingerprint density at radius 2 is 1.36 bits per heavy atom. The standard InChI is InChI=1S/2C13H17N/c1-4-13-7-11-5-9(2)10(3)6-12(11)8-14-13;1-4-12-7-13-10(3)9(2)5-6-11(13)8-14-12/h5-6,8,13H,4,7H2,1-3H3;5-6,8,12H,4,7H2,1-3H3. The molecule has 2 aromatic rings. The van der Waals surface area contributed by atoms with E-state index in [4.69, 9.17) is 0 Å². The minimum atomic E-state index is 0.503. The molecule has 2 aromatic carbocycles. The molecular weight excluding hydrogens is 340 g/mol. The average Bonchev–Trinajstić information content (AvgIpc) is 2.71. The Morgan fingerprint density at radius 1 is 0.750 bits per heavy atom. The molecule has 2 nitrogen and oxygen atoms in total. The molecule has 0 fully saturated rings. The first-order valence-electron chi connectivity index (χ1n) is 10.7. The summed E-state index contributed by atoms with van der Waals surface area (Å²) < 4.78 is 0. The summed E-state index contributed by atoms with van der Waals surface area (Å²) in [5.74, 6) is 0. The molecule has 148 valence electrons. The topological polar surface area (TPSA) is 24.7 Å². The maximum atomic E-state index is 4.54. The van der Waals surface area contributed by atoms with Gasteiger partial charge in [-0.1, -0.05) is 32.0 Å². The molecule has 2 heteroatoms. The largest absolute Gasteiger partial charge is 0.289 e. The Morgan fingerprint density at radius 3 is 2.04 bits per heavy atom. The maximum absolute atomic E-state index is 4.54. The normalized spacial score (nSPS) is 19.5. The van der Waals surface area contributed by atoms with Gasteiger partial charge >= 0.3 is 0 Å². The Labute approximate surface area is 170 Å². The molecule has 2 atom stereocenters. The lowest BCUT2D eigenvalue weighted by Gasteiger charge is -2.20. The zero-order chi connectivity index (χ0) is 20.3. The molecule has 0 bridgehead atoms. The maximum Gasteiger partial charge on any atom is 0.0537 e. The quantitative estimate of drug-likeness (QED) is 0.605. The van der Waals surface area contributed by atoms with Crippen LogP contribution in [0.15, 0.2) is 34.3 Å². The zero-order valence-electron chi connectivity index (χ0n) is 18.3. The number of aliphatic imine (C=N–C) groups is 2. The molecule has 0 saturated carbocycles. The van der Waals surface area contributed by atoms with Gasteiger partial charge in [-0.2, -0.15) is 0 Å². The van der Waals surface area contributed by atoms with Crippen LogP contribution < -0.4 is 0 Å². The number of nitrogens with zero attached hydrogens (tertiary/aromatic N) is 2. The number of hydrogen-bond donors (Lipinski definition) is 0. The lowest BCUT2D eigenvalue weighted by molar-refractivity contribution is 0.641. The van der Waals surface area contributed by atoms with Crippen molar-refractivity contribution in [1.82, 2.24) is 0 Å². The van der Waals surface area contributed by atoms with Crippen molar-refractivity contribution < 1.29 is 0 Å². The third-order valence-electron chi connectivity index (χ3n) is 6.35. The predicted octanol–water partition coefficient (Wildman–Crippen LogP) is 6.11. The van der Waals surface area contributed by atoms with E-state index in [0.717, 1.165) is 25.7 Å². The summed E-state index contributed by atoms with van der Waals surface area (Å²) in [4.78, 5) is 9.07. The summed E-state index contributed by atoms with van der Waals surface area (Å²) in [5.41, 5.74) is 11.2. The van der Waals surface area contributed by atoms with Gasteiger partial charge in [0.25, 0.3) is 0 Å². The van der Waals surface area contributed by atoms with E-state index in [1.807, 2.05) is 12.4 Å². The van der Waals surface area contributed by atoms with Crippen molar-refractivity contribution in [3.63, 3.8) is 0 Å². The van der Waals surface area contributed by atoms with Gasteiger partial charge in [0, 0.05) is 12.4 Å². The molecule has 28 heavy (non-hydrogen) atoms. The van der Waals surface area contributed by atoms with Crippen LogP contribution in [0.1, 0.15) is 71.2 Å². The highest BCUT2D eigenvalue weighted by Gasteiger charge is 2.16. The van der Waals surface area contributed by atoms with E-state index in [1.54, 1.807) is 0 Å². The molecule has 0 spiro atoms. The molecule has 0 aromatic heterocycles. The summed E-state index contributed by atoms with van der Waals surface area (Å²) in [6.07, 6.45) is 8.60. The van der Waals surface area contributed by atoms with Crippen LogP contribution in [0.25, 0.3) is 0 Å². The highest BCUT2D eigenvalue weighted by atomic mass is 14.8. The van der Waals surface area contributed by atoms with E-state index in [2.05, 4.69) is 75.8 Å². The van der Waals surface area contributed by atoms with E-state index in [0.29, 0.717) is 12.1 Å². The van der Waals surface area contributed by atoms with Crippen molar-refractivity contribution in [2.24, 2.45) is 9.98 Å². The molecule has 2 heterocycles. The van der Waals surface area contributed by atoms with Gasteiger partial charge in [-0.25, -0.2) is 0 Å². The Kier molecular flexibility index (Phi) is 6.49. The van der Waals surface area contributed by atoms with Crippen LogP contribution in [0.2, 0.25) is 0 Å². The van der Waals surface area contributed by atoms with Gasteiger partial charge in [-0.05, 0) is 104 Å². The molecular formula is C26H34N2. The van der Waals surface area contributed by atoms with Crippen LogP contribution in [0.3, 0.4) is 0 Å². The Bertz CT molecular complexity index is 899. The smallest absolute Gasteiger partial charge is 0.0537 e. The van der Waals surface area contributed by atoms with Crippen LogP contribution in [-0.4, -0.2) is 24.5 Å². The minimum Gasteiger partial charge on any atom is -0.289 e. The molecule has 2 unspecified atom stereocenters. The van der Waals surface area contributed by atoms with E-state index in [-0.39, 0.29) is 0 Å². The fraction of sp³-hybridized carbons (Fsp3) is 0.462. The number of fused-ring (bicyclic) bond motifs is 2. The van der Waals surface area contributed by atoms with Crippen molar-refractivity contribution in [3.05, 3.63) is 68.8 Å². The first kappa shape index (κ1) is 20.5. The van der Waals surface area contributed by atoms with Gasteiger partial charge in [0.1, 0.15) is 0 Å². The predicted molar refractivity (Wildman–Crippen MR) is 123 cm³/mol. The molecule has 4 rings (SSSR count). The van der Waals surface area contributed by atoms with Gasteiger partial charge in [-0.15, -0.1) is 0 Å². The lowest BCUT2D eigenvalue weighted by Crippen LogP contribution is -2.15.